The molecule has 0 saturated carbocycles. The Labute approximate surface area is 187 Å². The highest BCUT2D eigenvalue weighted by molar-refractivity contribution is 7.07. The summed E-state index contributed by atoms with van der Waals surface area (Å²) >= 11 is 1.24. The fraction of sp³-hybridized carbons (Fsp3) is 0.261. The summed E-state index contributed by atoms with van der Waals surface area (Å²) in [6.07, 6.45) is 3.21. The average Bonchev–Trinajstić information content (AvgIpc) is 3.41. The molecule has 0 unspecified atom stereocenters. The Hall–Kier alpha value is -3.43. The number of hydrogen-bond donors (Lipinski definition) is 0. The van der Waals surface area contributed by atoms with Gasteiger partial charge in [-0.2, -0.15) is 0 Å². The van der Waals surface area contributed by atoms with E-state index in [1.165, 1.54) is 23.0 Å². The summed E-state index contributed by atoms with van der Waals surface area (Å²) < 4.78 is 23.0. The second-order valence-electron chi connectivity index (χ2n) is 7.00. The van der Waals surface area contributed by atoms with Crippen LogP contribution >= 0.6 is 11.3 Å². The third-order valence-electron chi connectivity index (χ3n) is 5.01. The second-order valence-corrected chi connectivity index (χ2v) is 8.01. The van der Waals surface area contributed by atoms with E-state index >= 15 is 0 Å². The molecule has 3 aromatic rings. The molecule has 2 aromatic heterocycles. The van der Waals surface area contributed by atoms with Gasteiger partial charge in [0, 0.05) is 13.2 Å². The number of allylic oxidation sites excluding steroid dienone is 1. The van der Waals surface area contributed by atoms with E-state index in [0.29, 0.717) is 32.1 Å². The number of esters is 1. The van der Waals surface area contributed by atoms with E-state index in [-0.39, 0.29) is 18.8 Å². The van der Waals surface area contributed by atoms with Crippen molar-refractivity contribution in [2.24, 2.45) is 4.99 Å². The van der Waals surface area contributed by atoms with Gasteiger partial charge in [-0.1, -0.05) is 23.5 Å². The Bertz CT molecular complexity index is 1320. The molecule has 0 radical (unpaired) electrons. The maximum absolute atomic E-state index is 13.4. The number of rotatable bonds is 7. The predicted molar refractivity (Wildman–Crippen MR) is 118 cm³/mol. The van der Waals surface area contributed by atoms with Crippen LogP contribution in [0.25, 0.3) is 6.08 Å². The quantitative estimate of drug-likeness (QED) is 0.401. The first-order valence-electron chi connectivity index (χ1n) is 9.89. The third kappa shape index (κ3) is 4.17. The lowest BCUT2D eigenvalue weighted by Crippen LogP contribution is -2.40. The van der Waals surface area contributed by atoms with E-state index < -0.39 is 12.0 Å². The average molecular weight is 455 g/mol. The van der Waals surface area contributed by atoms with Crippen molar-refractivity contribution in [3.05, 3.63) is 84.9 Å². The van der Waals surface area contributed by atoms with Crippen LogP contribution in [0.3, 0.4) is 0 Å². The van der Waals surface area contributed by atoms with E-state index in [1.54, 1.807) is 50.6 Å². The molecule has 0 amide bonds. The summed E-state index contributed by atoms with van der Waals surface area (Å²) in [5, 5.41) is 0. The maximum Gasteiger partial charge on any atom is 0.338 e. The van der Waals surface area contributed by atoms with Crippen molar-refractivity contribution in [3.8, 4) is 5.75 Å². The number of aromatic nitrogens is 1. The highest BCUT2D eigenvalue weighted by Gasteiger charge is 2.33. The molecule has 166 valence electrons. The second kappa shape index (κ2) is 9.37. The molecule has 0 N–H and O–H groups in total. The Kier molecular flexibility index (Phi) is 6.38. The van der Waals surface area contributed by atoms with Crippen LogP contribution in [-0.4, -0.2) is 38.0 Å². The van der Waals surface area contributed by atoms with Crippen molar-refractivity contribution < 1.29 is 23.4 Å². The molecule has 1 atom stereocenters. The standard InChI is InChI=1S/C23H22N2O6S/c1-14-19(22(27)31-12-11-28-2)20(15-6-8-16(29-3)9-7-15)25-21(26)18(32-23(25)24-14)13-17-5-4-10-30-17/h4-10,13,20H,11-12H2,1-3H3/b18-13+/t20-/m0/s1. The van der Waals surface area contributed by atoms with Gasteiger partial charge in [0.15, 0.2) is 4.80 Å². The number of fused-ring (bicyclic) bond motifs is 1. The van der Waals surface area contributed by atoms with Gasteiger partial charge in [-0.25, -0.2) is 9.79 Å². The van der Waals surface area contributed by atoms with Gasteiger partial charge in [-0.15, -0.1) is 0 Å². The van der Waals surface area contributed by atoms with Crippen LogP contribution in [-0.2, 0) is 14.3 Å². The molecule has 1 aliphatic rings. The van der Waals surface area contributed by atoms with Gasteiger partial charge in [0.2, 0.25) is 0 Å². The highest BCUT2D eigenvalue weighted by Crippen LogP contribution is 2.31. The maximum atomic E-state index is 13.4. The first-order chi connectivity index (χ1) is 15.5. The molecule has 9 heteroatoms. The molecule has 4 rings (SSSR count). The summed E-state index contributed by atoms with van der Waals surface area (Å²) in [5.41, 5.74) is 1.28. The first-order valence-corrected chi connectivity index (χ1v) is 10.7. The van der Waals surface area contributed by atoms with Crippen molar-refractivity contribution in [1.82, 2.24) is 4.57 Å². The highest BCUT2D eigenvalue weighted by atomic mass is 32.1. The lowest BCUT2D eigenvalue weighted by atomic mass is 9.96. The summed E-state index contributed by atoms with van der Waals surface area (Å²) in [6, 6.07) is 10.1. The van der Waals surface area contributed by atoms with Crippen LogP contribution in [0, 0.1) is 0 Å². The summed E-state index contributed by atoms with van der Waals surface area (Å²) in [4.78, 5) is 31.5. The van der Waals surface area contributed by atoms with Crippen molar-refractivity contribution in [1.29, 1.82) is 0 Å². The van der Waals surface area contributed by atoms with Crippen LogP contribution in [0.1, 0.15) is 24.3 Å². The van der Waals surface area contributed by atoms with Gasteiger partial charge in [-0.3, -0.25) is 9.36 Å². The number of carbonyl (C=O) groups is 1. The molecule has 0 bridgehead atoms. The number of ether oxygens (including phenoxy) is 3. The lowest BCUT2D eigenvalue weighted by molar-refractivity contribution is -0.140. The number of furan rings is 1. The van der Waals surface area contributed by atoms with Crippen LogP contribution in [0.15, 0.2) is 68.1 Å². The van der Waals surface area contributed by atoms with Gasteiger partial charge in [-0.05, 0) is 36.8 Å². The molecular weight excluding hydrogens is 432 g/mol. The van der Waals surface area contributed by atoms with Crippen LogP contribution in [0.4, 0.5) is 0 Å². The van der Waals surface area contributed by atoms with Gasteiger partial charge in [0.25, 0.3) is 5.56 Å². The number of carbonyl (C=O) groups excluding carboxylic acids is 1. The van der Waals surface area contributed by atoms with Gasteiger partial charge >= 0.3 is 5.97 Å². The largest absolute Gasteiger partial charge is 0.497 e. The molecule has 1 aromatic carbocycles. The van der Waals surface area contributed by atoms with Crippen molar-refractivity contribution in [3.63, 3.8) is 0 Å². The van der Waals surface area contributed by atoms with E-state index in [1.807, 2.05) is 12.1 Å². The van der Waals surface area contributed by atoms with Crippen molar-refractivity contribution >= 4 is 23.4 Å². The zero-order valence-electron chi connectivity index (χ0n) is 17.9. The number of nitrogens with zero attached hydrogens (tertiary/aromatic N) is 2. The minimum Gasteiger partial charge on any atom is -0.497 e. The van der Waals surface area contributed by atoms with Crippen LogP contribution < -0.4 is 19.6 Å². The monoisotopic (exact) mass is 454 g/mol. The molecular formula is C23H22N2O6S. The summed E-state index contributed by atoms with van der Waals surface area (Å²) in [5.74, 6) is 0.694. The molecule has 1 aliphatic heterocycles. The predicted octanol–water partition coefficient (Wildman–Crippen LogP) is 2.03. The Balaban J connectivity index is 1.88. The Morgan fingerprint density at radius 1 is 1.22 bits per heavy atom. The van der Waals surface area contributed by atoms with E-state index in [2.05, 4.69) is 4.99 Å². The third-order valence-corrected chi connectivity index (χ3v) is 5.99. The molecule has 0 spiro atoms. The fourth-order valence-electron chi connectivity index (χ4n) is 3.48. The molecule has 3 heterocycles. The molecule has 8 nitrogen and oxygen atoms in total. The summed E-state index contributed by atoms with van der Waals surface area (Å²) in [7, 11) is 3.11. The minimum absolute atomic E-state index is 0.102. The Morgan fingerprint density at radius 3 is 2.66 bits per heavy atom. The van der Waals surface area contributed by atoms with E-state index in [4.69, 9.17) is 18.6 Å². The van der Waals surface area contributed by atoms with Gasteiger partial charge < -0.3 is 18.6 Å². The number of methoxy groups -OCH3 is 2. The molecule has 0 saturated heterocycles. The Morgan fingerprint density at radius 2 is 2.00 bits per heavy atom. The number of benzene rings is 1. The summed E-state index contributed by atoms with van der Waals surface area (Å²) in [6.45, 7) is 2.12. The van der Waals surface area contributed by atoms with Crippen molar-refractivity contribution in [2.45, 2.75) is 13.0 Å². The van der Waals surface area contributed by atoms with Crippen LogP contribution in [0.5, 0.6) is 5.75 Å². The number of thiazole rings is 1. The number of hydrogen-bond acceptors (Lipinski definition) is 8. The van der Waals surface area contributed by atoms with E-state index in [9.17, 15) is 9.59 Å². The van der Waals surface area contributed by atoms with Gasteiger partial charge in [0.05, 0.1) is 41.8 Å². The topological polar surface area (TPSA) is 92.3 Å². The molecule has 0 aliphatic carbocycles. The smallest absolute Gasteiger partial charge is 0.338 e. The SMILES string of the molecule is COCCOC(=O)C1=C(C)N=c2s/c(=C/c3ccco3)c(=O)n2[C@H]1c1ccc(OC)cc1. The first kappa shape index (κ1) is 21.8. The van der Waals surface area contributed by atoms with Gasteiger partial charge in [0.1, 0.15) is 18.1 Å². The van der Waals surface area contributed by atoms with Crippen molar-refractivity contribution in [2.75, 3.05) is 27.4 Å². The minimum atomic E-state index is -0.689. The zero-order valence-corrected chi connectivity index (χ0v) is 18.7. The van der Waals surface area contributed by atoms with E-state index in [0.717, 1.165) is 5.56 Å². The normalized spacial score (nSPS) is 16.0. The molecule has 0 fully saturated rings. The van der Waals surface area contributed by atoms with Crippen LogP contribution in [0.2, 0.25) is 0 Å². The molecule has 32 heavy (non-hydrogen) atoms. The zero-order chi connectivity index (χ0) is 22.7. The fourth-order valence-corrected chi connectivity index (χ4v) is 4.51. The lowest BCUT2D eigenvalue weighted by Gasteiger charge is -2.25.